The van der Waals surface area contributed by atoms with Gasteiger partial charge in [-0.3, -0.25) is 14.6 Å². The fourth-order valence-electron chi connectivity index (χ4n) is 3.11. The number of nitrogens with zero attached hydrogens (tertiary/aromatic N) is 4. The Morgan fingerprint density at radius 3 is 2.64 bits per heavy atom. The highest BCUT2D eigenvalue weighted by Gasteiger charge is 2.20. The molecule has 25 heavy (non-hydrogen) atoms. The van der Waals surface area contributed by atoms with Crippen LogP contribution < -0.4 is 10.6 Å². The number of piperidine rings is 1. The fraction of sp³-hybridized carbons (Fsp3) is 0.500. The lowest BCUT2D eigenvalue weighted by atomic mass is 10.0. The lowest BCUT2D eigenvalue weighted by Gasteiger charge is -2.32. The Labute approximate surface area is 148 Å². The summed E-state index contributed by atoms with van der Waals surface area (Å²) in [5, 5.41) is 10.2. The highest BCUT2D eigenvalue weighted by Crippen LogP contribution is 2.13. The molecule has 3 rings (SSSR count). The van der Waals surface area contributed by atoms with Gasteiger partial charge in [0.1, 0.15) is 0 Å². The van der Waals surface area contributed by atoms with E-state index in [2.05, 4.69) is 37.7 Å². The fourth-order valence-corrected chi connectivity index (χ4v) is 3.11. The van der Waals surface area contributed by atoms with Crippen molar-refractivity contribution in [3.63, 3.8) is 0 Å². The van der Waals surface area contributed by atoms with Crippen LogP contribution in [-0.2, 0) is 20.1 Å². The second-order valence-corrected chi connectivity index (χ2v) is 6.61. The zero-order chi connectivity index (χ0) is 17.6. The van der Waals surface area contributed by atoms with Crippen molar-refractivity contribution in [1.82, 2.24) is 30.3 Å². The van der Waals surface area contributed by atoms with Crippen LogP contribution in [0.25, 0.3) is 0 Å². The Balaban J connectivity index is 1.38. The number of urea groups is 1. The first-order valence-electron chi connectivity index (χ1n) is 8.75. The molecule has 0 aliphatic carbocycles. The third-order valence-corrected chi connectivity index (χ3v) is 4.85. The zero-order valence-corrected chi connectivity index (χ0v) is 14.9. The molecular formula is C18H26N6O. The van der Waals surface area contributed by atoms with Crippen LogP contribution in [0, 0.1) is 6.92 Å². The van der Waals surface area contributed by atoms with Crippen molar-refractivity contribution in [3.8, 4) is 0 Å². The number of aromatic nitrogens is 3. The van der Waals surface area contributed by atoms with Gasteiger partial charge in [-0.1, -0.05) is 0 Å². The van der Waals surface area contributed by atoms with E-state index in [1.54, 1.807) is 6.20 Å². The van der Waals surface area contributed by atoms with Crippen molar-refractivity contribution in [1.29, 1.82) is 0 Å². The SMILES string of the molecule is Cc1c(CNC(=O)NC2CCN(Cc3ccncc3)CC2)cnn1C. The van der Waals surface area contributed by atoms with E-state index in [0.29, 0.717) is 6.54 Å². The van der Waals surface area contributed by atoms with Crippen molar-refractivity contribution >= 4 is 6.03 Å². The molecule has 0 aromatic carbocycles. The van der Waals surface area contributed by atoms with Crippen molar-refractivity contribution in [2.45, 2.75) is 38.9 Å². The second kappa shape index (κ2) is 8.11. The van der Waals surface area contributed by atoms with Crippen LogP contribution in [0.5, 0.6) is 0 Å². The standard InChI is InChI=1S/C18H26N6O/c1-14-16(12-21-23(14)2)11-20-18(25)22-17-5-9-24(10-6-17)13-15-3-7-19-8-4-15/h3-4,7-8,12,17H,5-6,9-11,13H2,1-2H3,(H2,20,22,25). The largest absolute Gasteiger partial charge is 0.335 e. The van der Waals surface area contributed by atoms with Crippen LogP contribution in [0.1, 0.15) is 29.7 Å². The molecule has 2 aromatic rings. The summed E-state index contributed by atoms with van der Waals surface area (Å²) >= 11 is 0. The summed E-state index contributed by atoms with van der Waals surface area (Å²) in [5.41, 5.74) is 3.40. The number of nitrogens with one attached hydrogen (secondary N) is 2. The number of hydrogen-bond acceptors (Lipinski definition) is 4. The maximum Gasteiger partial charge on any atom is 0.315 e. The highest BCUT2D eigenvalue weighted by atomic mass is 16.2. The molecule has 0 atom stereocenters. The van der Waals surface area contributed by atoms with E-state index in [4.69, 9.17) is 0 Å². The minimum Gasteiger partial charge on any atom is -0.335 e. The Hall–Kier alpha value is -2.41. The maximum absolute atomic E-state index is 12.1. The van der Waals surface area contributed by atoms with Crippen molar-refractivity contribution in [2.24, 2.45) is 7.05 Å². The van der Waals surface area contributed by atoms with Crippen LogP contribution in [0.2, 0.25) is 0 Å². The summed E-state index contributed by atoms with van der Waals surface area (Å²) in [7, 11) is 1.90. The summed E-state index contributed by atoms with van der Waals surface area (Å²) in [6.45, 7) is 5.44. The van der Waals surface area contributed by atoms with E-state index in [-0.39, 0.29) is 12.1 Å². The molecule has 7 nitrogen and oxygen atoms in total. The third kappa shape index (κ3) is 4.79. The zero-order valence-electron chi connectivity index (χ0n) is 14.9. The molecule has 2 amide bonds. The number of likely N-dealkylation sites (tertiary alicyclic amines) is 1. The van der Waals surface area contributed by atoms with Gasteiger partial charge in [-0.2, -0.15) is 5.10 Å². The molecule has 3 heterocycles. The summed E-state index contributed by atoms with van der Waals surface area (Å²) in [4.78, 5) is 18.6. The van der Waals surface area contributed by atoms with Crippen molar-refractivity contribution < 1.29 is 4.79 Å². The van der Waals surface area contributed by atoms with Gasteiger partial charge in [0.15, 0.2) is 0 Å². The van der Waals surface area contributed by atoms with Crippen molar-refractivity contribution in [3.05, 3.63) is 47.5 Å². The predicted molar refractivity (Wildman–Crippen MR) is 95.9 cm³/mol. The van der Waals surface area contributed by atoms with Crippen LogP contribution >= 0.6 is 0 Å². The topological polar surface area (TPSA) is 75.1 Å². The normalized spacial score (nSPS) is 15.9. The first-order chi connectivity index (χ1) is 12.1. The van der Waals surface area contributed by atoms with Crippen molar-refractivity contribution in [2.75, 3.05) is 13.1 Å². The Morgan fingerprint density at radius 2 is 2.00 bits per heavy atom. The summed E-state index contributed by atoms with van der Waals surface area (Å²) in [5.74, 6) is 0. The van der Waals surface area contributed by atoms with E-state index >= 15 is 0 Å². The van der Waals surface area contributed by atoms with Crippen LogP contribution in [0.4, 0.5) is 4.79 Å². The molecule has 1 saturated heterocycles. The maximum atomic E-state index is 12.1. The van der Waals surface area contributed by atoms with E-state index < -0.39 is 0 Å². The van der Waals surface area contributed by atoms with Gasteiger partial charge in [0.05, 0.1) is 6.20 Å². The molecule has 7 heteroatoms. The average Bonchev–Trinajstić information content (AvgIpc) is 2.94. The summed E-state index contributed by atoms with van der Waals surface area (Å²) in [6, 6.07) is 4.25. The molecular weight excluding hydrogens is 316 g/mol. The minimum absolute atomic E-state index is 0.101. The second-order valence-electron chi connectivity index (χ2n) is 6.61. The molecule has 1 aliphatic rings. The lowest BCUT2D eigenvalue weighted by Crippen LogP contribution is -2.47. The molecule has 0 spiro atoms. The van der Waals surface area contributed by atoms with E-state index in [9.17, 15) is 4.79 Å². The quantitative estimate of drug-likeness (QED) is 0.865. The molecule has 1 fully saturated rings. The molecule has 0 saturated carbocycles. The van der Waals surface area contributed by atoms with Crippen LogP contribution in [0.3, 0.4) is 0 Å². The number of pyridine rings is 1. The Kier molecular flexibility index (Phi) is 5.65. The first kappa shape index (κ1) is 17.4. The average molecular weight is 342 g/mol. The molecule has 134 valence electrons. The summed E-state index contributed by atoms with van der Waals surface area (Å²) in [6.07, 6.45) is 7.41. The molecule has 2 aromatic heterocycles. The Morgan fingerprint density at radius 1 is 1.28 bits per heavy atom. The third-order valence-electron chi connectivity index (χ3n) is 4.85. The molecule has 0 unspecified atom stereocenters. The van der Waals surface area contributed by atoms with Crippen LogP contribution in [0.15, 0.2) is 30.7 Å². The van der Waals surface area contributed by atoms with Crippen LogP contribution in [-0.4, -0.2) is 44.8 Å². The van der Waals surface area contributed by atoms with E-state index in [0.717, 1.165) is 43.7 Å². The summed E-state index contributed by atoms with van der Waals surface area (Å²) < 4.78 is 1.81. The molecule has 0 radical (unpaired) electrons. The number of carbonyl (C=O) groups excluding carboxylic acids is 1. The highest BCUT2D eigenvalue weighted by molar-refractivity contribution is 5.74. The van der Waals surface area contributed by atoms with Gasteiger partial charge in [0.2, 0.25) is 0 Å². The van der Waals surface area contributed by atoms with Gasteiger partial charge in [-0.25, -0.2) is 4.79 Å². The monoisotopic (exact) mass is 342 g/mol. The number of carbonyl (C=O) groups is 1. The van der Waals surface area contributed by atoms with Gasteiger partial charge >= 0.3 is 6.03 Å². The Bertz CT molecular complexity index is 691. The van der Waals surface area contributed by atoms with E-state index in [1.165, 1.54) is 5.56 Å². The van der Waals surface area contributed by atoms with Gasteiger partial charge in [0, 0.05) is 62.9 Å². The predicted octanol–water partition coefficient (Wildman–Crippen LogP) is 1.59. The van der Waals surface area contributed by atoms with Gasteiger partial charge < -0.3 is 10.6 Å². The number of amides is 2. The lowest BCUT2D eigenvalue weighted by molar-refractivity contribution is 0.186. The van der Waals surface area contributed by atoms with Gasteiger partial charge in [0.25, 0.3) is 0 Å². The molecule has 0 bridgehead atoms. The number of hydrogen-bond donors (Lipinski definition) is 2. The minimum atomic E-state index is -0.101. The van der Waals surface area contributed by atoms with Gasteiger partial charge in [-0.15, -0.1) is 0 Å². The first-order valence-corrected chi connectivity index (χ1v) is 8.75. The molecule has 1 aliphatic heterocycles. The smallest absolute Gasteiger partial charge is 0.315 e. The van der Waals surface area contributed by atoms with Gasteiger partial charge in [-0.05, 0) is 37.5 Å². The number of rotatable bonds is 5. The van der Waals surface area contributed by atoms with E-state index in [1.807, 2.05) is 31.0 Å². The number of aryl methyl sites for hydroxylation is 1. The molecule has 2 N–H and O–H groups in total.